The van der Waals surface area contributed by atoms with Crippen LogP contribution in [0.3, 0.4) is 0 Å². The van der Waals surface area contributed by atoms with Gasteiger partial charge in [-0.15, -0.1) is 24.0 Å². The van der Waals surface area contributed by atoms with Crippen LogP contribution in [0.25, 0.3) is 0 Å². The molecule has 7 heteroatoms. The SMILES string of the molecule is CN=C(NCCCN(C(C)C)C(C)C)NCc1ccc(C(=O)N2CCCCC2)cc1.I. The maximum Gasteiger partial charge on any atom is 0.253 e. The molecule has 1 aromatic carbocycles. The van der Waals surface area contributed by atoms with Gasteiger partial charge in [0.2, 0.25) is 0 Å². The normalized spacial score (nSPS) is 14.7. The summed E-state index contributed by atoms with van der Waals surface area (Å²) in [4.78, 5) is 21.4. The van der Waals surface area contributed by atoms with Crippen LogP contribution in [-0.2, 0) is 6.54 Å². The Bertz CT molecular complexity index is 661. The van der Waals surface area contributed by atoms with Gasteiger partial charge in [0.25, 0.3) is 5.91 Å². The predicted octanol–water partition coefficient (Wildman–Crippen LogP) is 4.10. The standard InChI is InChI=1S/C24H41N5O.HI/c1-19(2)29(20(3)4)17-9-14-26-24(25-5)27-18-21-10-12-22(13-11-21)23(30)28-15-7-6-8-16-28;/h10-13,19-20H,6-9,14-18H2,1-5H3,(H2,25,26,27);1H. The molecule has 1 saturated heterocycles. The lowest BCUT2D eigenvalue weighted by molar-refractivity contribution is 0.0724. The number of rotatable bonds is 9. The van der Waals surface area contributed by atoms with Gasteiger partial charge in [0.1, 0.15) is 0 Å². The number of aliphatic imine (C=N–C) groups is 1. The van der Waals surface area contributed by atoms with Crippen molar-refractivity contribution in [3.63, 3.8) is 0 Å². The van der Waals surface area contributed by atoms with Gasteiger partial charge >= 0.3 is 0 Å². The number of likely N-dealkylation sites (tertiary alicyclic amines) is 1. The molecule has 0 spiro atoms. The molecule has 1 aliphatic rings. The number of hydrogen-bond donors (Lipinski definition) is 2. The zero-order valence-corrected chi connectivity index (χ0v) is 22.3. The highest BCUT2D eigenvalue weighted by molar-refractivity contribution is 14.0. The predicted molar refractivity (Wildman–Crippen MR) is 141 cm³/mol. The average Bonchev–Trinajstić information content (AvgIpc) is 2.75. The van der Waals surface area contributed by atoms with Crippen LogP contribution in [0.4, 0.5) is 0 Å². The lowest BCUT2D eigenvalue weighted by Crippen LogP contribution is -2.41. The summed E-state index contributed by atoms with van der Waals surface area (Å²) < 4.78 is 0. The number of halogens is 1. The molecule has 1 amide bonds. The van der Waals surface area contributed by atoms with Crippen molar-refractivity contribution in [3.8, 4) is 0 Å². The van der Waals surface area contributed by atoms with Gasteiger partial charge in [0, 0.05) is 57.4 Å². The highest BCUT2D eigenvalue weighted by atomic mass is 127. The molecule has 2 rings (SSSR count). The van der Waals surface area contributed by atoms with Gasteiger partial charge in [0.05, 0.1) is 0 Å². The van der Waals surface area contributed by atoms with E-state index in [0.717, 1.165) is 62.5 Å². The Morgan fingerprint density at radius 1 is 1.03 bits per heavy atom. The van der Waals surface area contributed by atoms with Crippen molar-refractivity contribution in [3.05, 3.63) is 35.4 Å². The zero-order chi connectivity index (χ0) is 21.9. The van der Waals surface area contributed by atoms with Gasteiger partial charge in [-0.3, -0.25) is 14.7 Å². The molecule has 0 aromatic heterocycles. The van der Waals surface area contributed by atoms with Crippen molar-refractivity contribution in [2.75, 3.05) is 33.2 Å². The third-order valence-corrected chi connectivity index (χ3v) is 5.74. The summed E-state index contributed by atoms with van der Waals surface area (Å²) in [5.41, 5.74) is 1.92. The molecule has 0 aliphatic carbocycles. The second kappa shape index (κ2) is 14.7. The maximum atomic E-state index is 12.6. The largest absolute Gasteiger partial charge is 0.356 e. The van der Waals surface area contributed by atoms with Gasteiger partial charge in [0.15, 0.2) is 5.96 Å². The van der Waals surface area contributed by atoms with E-state index in [9.17, 15) is 4.79 Å². The third-order valence-electron chi connectivity index (χ3n) is 5.74. The zero-order valence-electron chi connectivity index (χ0n) is 20.0. The number of nitrogens with one attached hydrogen (secondary N) is 2. The number of guanidine groups is 1. The summed E-state index contributed by atoms with van der Waals surface area (Å²) in [6, 6.07) is 9.06. The number of carbonyl (C=O) groups excluding carboxylic acids is 1. The second-order valence-corrected chi connectivity index (χ2v) is 8.68. The summed E-state index contributed by atoms with van der Waals surface area (Å²) in [6.07, 6.45) is 4.54. The highest BCUT2D eigenvalue weighted by Gasteiger charge is 2.18. The van der Waals surface area contributed by atoms with Gasteiger partial charge in [-0.1, -0.05) is 12.1 Å². The molecule has 176 valence electrons. The number of nitrogens with zero attached hydrogens (tertiary/aromatic N) is 3. The molecule has 0 saturated carbocycles. The smallest absolute Gasteiger partial charge is 0.253 e. The molecular formula is C24H42IN5O. The first-order valence-corrected chi connectivity index (χ1v) is 11.5. The van der Waals surface area contributed by atoms with Gasteiger partial charge in [-0.25, -0.2) is 0 Å². The fourth-order valence-corrected chi connectivity index (χ4v) is 4.03. The van der Waals surface area contributed by atoms with E-state index in [1.54, 1.807) is 7.05 Å². The molecule has 1 fully saturated rings. The summed E-state index contributed by atoms with van der Waals surface area (Å²) in [6.45, 7) is 13.4. The van der Waals surface area contributed by atoms with Crippen LogP contribution in [0.15, 0.2) is 29.3 Å². The number of carbonyl (C=O) groups is 1. The Hall–Kier alpha value is -1.35. The Kier molecular flexibility index (Phi) is 13.1. The van der Waals surface area contributed by atoms with Gasteiger partial charge in [-0.2, -0.15) is 0 Å². The average molecular weight is 544 g/mol. The van der Waals surface area contributed by atoms with E-state index in [1.165, 1.54) is 6.42 Å². The first-order chi connectivity index (χ1) is 14.4. The molecule has 1 aromatic rings. The minimum Gasteiger partial charge on any atom is -0.356 e. The second-order valence-electron chi connectivity index (χ2n) is 8.68. The fourth-order valence-electron chi connectivity index (χ4n) is 4.03. The van der Waals surface area contributed by atoms with Crippen molar-refractivity contribution in [1.29, 1.82) is 0 Å². The lowest BCUT2D eigenvalue weighted by atomic mass is 10.1. The van der Waals surface area contributed by atoms with Crippen molar-refractivity contribution >= 4 is 35.8 Å². The molecule has 1 aliphatic heterocycles. The van der Waals surface area contributed by atoms with Crippen LogP contribution in [0.5, 0.6) is 0 Å². The Labute approximate surface area is 206 Å². The number of benzene rings is 1. The van der Waals surface area contributed by atoms with E-state index >= 15 is 0 Å². The molecule has 0 bridgehead atoms. The van der Waals surface area contributed by atoms with Crippen LogP contribution in [0.1, 0.15) is 69.3 Å². The van der Waals surface area contributed by atoms with Crippen LogP contribution < -0.4 is 10.6 Å². The monoisotopic (exact) mass is 543 g/mol. The van der Waals surface area contributed by atoms with Crippen molar-refractivity contribution in [1.82, 2.24) is 20.4 Å². The highest BCUT2D eigenvalue weighted by Crippen LogP contribution is 2.14. The third kappa shape index (κ3) is 9.35. The summed E-state index contributed by atoms with van der Waals surface area (Å²) in [7, 11) is 1.80. The van der Waals surface area contributed by atoms with Crippen LogP contribution in [-0.4, -0.2) is 67.0 Å². The fraction of sp³-hybridized carbons (Fsp3) is 0.667. The van der Waals surface area contributed by atoms with Crippen LogP contribution in [0, 0.1) is 0 Å². The van der Waals surface area contributed by atoms with E-state index in [0.29, 0.717) is 18.6 Å². The first kappa shape index (κ1) is 27.7. The summed E-state index contributed by atoms with van der Waals surface area (Å²) in [5, 5.41) is 6.76. The van der Waals surface area contributed by atoms with E-state index in [4.69, 9.17) is 0 Å². The van der Waals surface area contributed by atoms with Gasteiger partial charge in [-0.05, 0) is 71.1 Å². The molecule has 1 heterocycles. The minimum atomic E-state index is 0. The molecule has 0 radical (unpaired) electrons. The quantitative estimate of drug-likeness (QED) is 0.213. The molecule has 2 N–H and O–H groups in total. The first-order valence-electron chi connectivity index (χ1n) is 11.5. The summed E-state index contributed by atoms with van der Waals surface area (Å²) >= 11 is 0. The number of piperidine rings is 1. The van der Waals surface area contributed by atoms with Crippen molar-refractivity contribution in [2.45, 2.75) is 72.0 Å². The van der Waals surface area contributed by atoms with Crippen LogP contribution >= 0.6 is 24.0 Å². The van der Waals surface area contributed by atoms with E-state index in [-0.39, 0.29) is 29.9 Å². The van der Waals surface area contributed by atoms with E-state index in [1.807, 2.05) is 29.2 Å². The molecule has 0 unspecified atom stereocenters. The Morgan fingerprint density at radius 2 is 1.65 bits per heavy atom. The van der Waals surface area contributed by atoms with Crippen molar-refractivity contribution in [2.24, 2.45) is 4.99 Å². The molecular weight excluding hydrogens is 501 g/mol. The van der Waals surface area contributed by atoms with E-state index < -0.39 is 0 Å². The van der Waals surface area contributed by atoms with Crippen LogP contribution in [0.2, 0.25) is 0 Å². The minimum absolute atomic E-state index is 0. The van der Waals surface area contributed by atoms with Crippen molar-refractivity contribution < 1.29 is 4.79 Å². The Balaban J connectivity index is 0.00000480. The topological polar surface area (TPSA) is 60.0 Å². The number of hydrogen-bond acceptors (Lipinski definition) is 3. The maximum absolute atomic E-state index is 12.6. The summed E-state index contributed by atoms with van der Waals surface area (Å²) in [5.74, 6) is 0.965. The lowest BCUT2D eigenvalue weighted by Gasteiger charge is -2.30. The Morgan fingerprint density at radius 3 is 2.19 bits per heavy atom. The van der Waals surface area contributed by atoms with E-state index in [2.05, 4.69) is 48.2 Å². The van der Waals surface area contributed by atoms with Gasteiger partial charge < -0.3 is 15.5 Å². The molecule has 6 nitrogen and oxygen atoms in total. The number of amides is 1. The molecule has 31 heavy (non-hydrogen) atoms. The molecule has 0 atom stereocenters.